The van der Waals surface area contributed by atoms with Gasteiger partial charge < -0.3 is 5.11 Å². The molecule has 2 aliphatic rings. The Morgan fingerprint density at radius 1 is 1.67 bits per heavy atom. The molecule has 0 spiro atoms. The smallest absolute Gasteiger partial charge is 0.0690 e. The maximum Gasteiger partial charge on any atom is 0.0690 e. The Labute approximate surface area is 55.4 Å². The molecule has 2 bridgehead atoms. The topological polar surface area (TPSA) is 20.2 Å². The van der Waals surface area contributed by atoms with E-state index in [9.17, 15) is 5.11 Å². The Morgan fingerprint density at radius 3 is 2.56 bits per heavy atom. The summed E-state index contributed by atoms with van der Waals surface area (Å²) in [6.45, 7) is 2.14. The molecule has 50 valence electrons. The molecule has 1 N–H and O–H groups in total. The fourth-order valence-corrected chi connectivity index (χ4v) is 2.00. The maximum absolute atomic E-state index is 9.53. The van der Waals surface area contributed by atoms with E-state index in [0.717, 1.165) is 0 Å². The molecule has 9 heavy (non-hydrogen) atoms. The van der Waals surface area contributed by atoms with Crippen molar-refractivity contribution in [1.29, 1.82) is 0 Å². The molecule has 1 heteroatoms. The van der Waals surface area contributed by atoms with Gasteiger partial charge in [-0.1, -0.05) is 19.1 Å². The van der Waals surface area contributed by atoms with E-state index in [1.807, 2.05) is 0 Å². The summed E-state index contributed by atoms with van der Waals surface area (Å²) in [5.41, 5.74) is 0.144. The first-order valence-electron chi connectivity index (χ1n) is 3.60. The Bertz CT molecular complexity index is 162. The molecule has 2 rings (SSSR count). The predicted octanol–water partition coefficient (Wildman–Crippen LogP) is 1.33. The van der Waals surface area contributed by atoms with Crippen LogP contribution in [0.3, 0.4) is 0 Å². The number of fused-ring (bicyclic) bond motifs is 2. The summed E-state index contributed by atoms with van der Waals surface area (Å²) in [5, 5.41) is 9.53. The molecule has 0 amide bonds. The fraction of sp³-hybridized carbons (Fsp3) is 0.750. The van der Waals surface area contributed by atoms with Crippen molar-refractivity contribution < 1.29 is 5.11 Å². The van der Waals surface area contributed by atoms with Crippen LogP contribution >= 0.6 is 0 Å². The van der Waals surface area contributed by atoms with Crippen LogP contribution in [-0.2, 0) is 0 Å². The SMILES string of the molecule is C[C@]12C=C[C@H](CC1)[C@@H]2O. The van der Waals surface area contributed by atoms with Crippen LogP contribution in [0.4, 0.5) is 0 Å². The number of rotatable bonds is 0. The molecule has 0 aromatic carbocycles. The van der Waals surface area contributed by atoms with Gasteiger partial charge in [-0.25, -0.2) is 0 Å². The zero-order valence-corrected chi connectivity index (χ0v) is 5.67. The van der Waals surface area contributed by atoms with E-state index in [-0.39, 0.29) is 11.5 Å². The standard InChI is InChI=1S/C8H12O/c1-8-4-2-6(3-5-8)7(8)9/h2,4,6-7,9H,3,5H2,1H3/t6-,7+,8+/m1/s1. The van der Waals surface area contributed by atoms with Crippen molar-refractivity contribution in [2.45, 2.75) is 25.9 Å². The zero-order chi connectivity index (χ0) is 6.48. The van der Waals surface area contributed by atoms with Gasteiger partial charge in [-0.2, -0.15) is 0 Å². The van der Waals surface area contributed by atoms with E-state index in [1.165, 1.54) is 12.8 Å². The van der Waals surface area contributed by atoms with Crippen LogP contribution in [0, 0.1) is 11.3 Å². The van der Waals surface area contributed by atoms with Gasteiger partial charge in [0.15, 0.2) is 0 Å². The molecule has 1 nitrogen and oxygen atoms in total. The van der Waals surface area contributed by atoms with Crippen molar-refractivity contribution in [3.8, 4) is 0 Å². The average Bonchev–Trinajstić information content (AvgIpc) is 2.24. The molecule has 0 aromatic heterocycles. The van der Waals surface area contributed by atoms with E-state index < -0.39 is 0 Å². The Hall–Kier alpha value is -0.300. The van der Waals surface area contributed by atoms with Crippen LogP contribution in [0.25, 0.3) is 0 Å². The number of hydrogen-bond acceptors (Lipinski definition) is 1. The Morgan fingerprint density at radius 2 is 2.44 bits per heavy atom. The monoisotopic (exact) mass is 124 g/mol. The third-order valence-electron chi connectivity index (χ3n) is 2.82. The molecule has 0 aliphatic heterocycles. The van der Waals surface area contributed by atoms with Gasteiger partial charge >= 0.3 is 0 Å². The molecule has 0 radical (unpaired) electrons. The van der Waals surface area contributed by atoms with E-state index >= 15 is 0 Å². The van der Waals surface area contributed by atoms with E-state index in [2.05, 4.69) is 19.1 Å². The summed E-state index contributed by atoms with van der Waals surface area (Å²) in [5.74, 6) is 0.481. The van der Waals surface area contributed by atoms with Crippen LogP contribution in [0.2, 0.25) is 0 Å². The third-order valence-corrected chi connectivity index (χ3v) is 2.82. The second-order valence-electron chi connectivity index (χ2n) is 3.51. The molecule has 0 unspecified atom stereocenters. The largest absolute Gasteiger partial charge is 0.392 e. The molecule has 0 aromatic rings. The van der Waals surface area contributed by atoms with Gasteiger partial charge in [0.1, 0.15) is 0 Å². The normalized spacial score (nSPS) is 54.9. The molecular formula is C8H12O. The second kappa shape index (κ2) is 1.40. The van der Waals surface area contributed by atoms with Crippen LogP contribution in [0.1, 0.15) is 19.8 Å². The lowest BCUT2D eigenvalue weighted by Gasteiger charge is -2.20. The first-order valence-corrected chi connectivity index (χ1v) is 3.60. The molecule has 2 aliphatic carbocycles. The molecule has 0 saturated heterocycles. The highest BCUT2D eigenvalue weighted by atomic mass is 16.3. The summed E-state index contributed by atoms with van der Waals surface area (Å²) < 4.78 is 0. The summed E-state index contributed by atoms with van der Waals surface area (Å²) in [7, 11) is 0. The van der Waals surface area contributed by atoms with Crippen molar-refractivity contribution in [3.05, 3.63) is 12.2 Å². The van der Waals surface area contributed by atoms with Crippen molar-refractivity contribution in [3.63, 3.8) is 0 Å². The molecule has 3 atom stereocenters. The lowest BCUT2D eigenvalue weighted by molar-refractivity contribution is 0.0898. The average molecular weight is 124 g/mol. The predicted molar refractivity (Wildman–Crippen MR) is 36.0 cm³/mol. The first-order chi connectivity index (χ1) is 4.22. The van der Waals surface area contributed by atoms with Crippen LogP contribution < -0.4 is 0 Å². The Balaban J connectivity index is 2.36. The summed E-state index contributed by atoms with van der Waals surface area (Å²) >= 11 is 0. The summed E-state index contributed by atoms with van der Waals surface area (Å²) in [6.07, 6.45) is 6.63. The van der Waals surface area contributed by atoms with Crippen molar-refractivity contribution in [2.24, 2.45) is 11.3 Å². The van der Waals surface area contributed by atoms with E-state index in [4.69, 9.17) is 0 Å². The minimum Gasteiger partial charge on any atom is -0.392 e. The summed E-state index contributed by atoms with van der Waals surface area (Å²) in [6, 6.07) is 0. The first kappa shape index (κ1) is 5.48. The summed E-state index contributed by atoms with van der Waals surface area (Å²) in [4.78, 5) is 0. The zero-order valence-electron chi connectivity index (χ0n) is 5.67. The maximum atomic E-state index is 9.53. The highest BCUT2D eigenvalue weighted by Crippen LogP contribution is 2.48. The molecule has 1 fully saturated rings. The van der Waals surface area contributed by atoms with E-state index in [1.54, 1.807) is 0 Å². The highest BCUT2D eigenvalue weighted by Gasteiger charge is 2.45. The number of aliphatic hydroxyl groups is 1. The van der Waals surface area contributed by atoms with Crippen molar-refractivity contribution in [2.75, 3.05) is 0 Å². The quantitative estimate of drug-likeness (QED) is 0.483. The van der Waals surface area contributed by atoms with Crippen LogP contribution in [0.5, 0.6) is 0 Å². The van der Waals surface area contributed by atoms with Crippen molar-refractivity contribution >= 4 is 0 Å². The van der Waals surface area contributed by atoms with Gasteiger partial charge in [0.2, 0.25) is 0 Å². The lowest BCUT2D eigenvalue weighted by atomic mass is 9.89. The van der Waals surface area contributed by atoms with Gasteiger partial charge in [0, 0.05) is 11.3 Å². The minimum atomic E-state index is -0.0718. The number of aliphatic hydroxyl groups excluding tert-OH is 1. The van der Waals surface area contributed by atoms with Gasteiger partial charge in [-0.05, 0) is 12.8 Å². The second-order valence-corrected chi connectivity index (χ2v) is 3.51. The Kier molecular flexibility index (Phi) is 0.854. The van der Waals surface area contributed by atoms with Crippen molar-refractivity contribution in [1.82, 2.24) is 0 Å². The minimum absolute atomic E-state index is 0.0718. The highest BCUT2D eigenvalue weighted by molar-refractivity contribution is 5.18. The fourth-order valence-electron chi connectivity index (χ4n) is 2.00. The molecular weight excluding hydrogens is 112 g/mol. The van der Waals surface area contributed by atoms with E-state index in [0.29, 0.717) is 5.92 Å². The number of hydrogen-bond donors (Lipinski definition) is 1. The lowest BCUT2D eigenvalue weighted by Crippen LogP contribution is -2.22. The molecule has 1 saturated carbocycles. The molecule has 0 heterocycles. The van der Waals surface area contributed by atoms with Gasteiger partial charge in [-0.15, -0.1) is 0 Å². The van der Waals surface area contributed by atoms with Gasteiger partial charge in [0.25, 0.3) is 0 Å². The third kappa shape index (κ3) is 0.531. The van der Waals surface area contributed by atoms with Gasteiger partial charge in [0.05, 0.1) is 6.10 Å². The van der Waals surface area contributed by atoms with Gasteiger partial charge in [-0.3, -0.25) is 0 Å². The van der Waals surface area contributed by atoms with Crippen LogP contribution in [0.15, 0.2) is 12.2 Å². The van der Waals surface area contributed by atoms with Crippen LogP contribution in [-0.4, -0.2) is 11.2 Å².